The largest absolute Gasteiger partial charge is 0.486 e. The van der Waals surface area contributed by atoms with Gasteiger partial charge in [0.15, 0.2) is 11.5 Å². The number of sulfonamides is 2. The van der Waals surface area contributed by atoms with E-state index in [9.17, 15) is 21.6 Å². The third-order valence-corrected chi connectivity index (χ3v) is 10.0. The van der Waals surface area contributed by atoms with Crippen LogP contribution < -0.4 is 18.7 Å². The van der Waals surface area contributed by atoms with Crippen LogP contribution in [0.3, 0.4) is 0 Å². The number of carbonyl (C=O) groups excluding carboxylic acids is 1. The molecule has 200 valence electrons. The second-order valence-electron chi connectivity index (χ2n) is 9.03. The van der Waals surface area contributed by atoms with Crippen molar-refractivity contribution in [3.63, 3.8) is 0 Å². The van der Waals surface area contributed by atoms with E-state index in [0.29, 0.717) is 48.9 Å². The first-order valence-electron chi connectivity index (χ1n) is 11.9. The molecule has 2 aliphatic rings. The number of hydrogen-bond acceptors (Lipinski definition) is 7. The number of anilines is 2. The van der Waals surface area contributed by atoms with Gasteiger partial charge in [0, 0.05) is 32.4 Å². The standard InChI is InChI=1S/C26H27N3O7S2/c1-27(2)37(31,32)22-9-10-23-19(16-22)12-13-28(23)26(30)18-29(38(33,34)21-6-4-3-5-7-21)20-8-11-24-25(17-20)36-15-14-35-24/h3-11,16-17H,12-15,18H2,1-2H3. The summed E-state index contributed by atoms with van der Waals surface area (Å²) >= 11 is 0. The molecule has 2 aliphatic heterocycles. The van der Waals surface area contributed by atoms with Crippen LogP contribution in [-0.2, 0) is 31.3 Å². The van der Waals surface area contributed by atoms with E-state index in [1.165, 1.54) is 37.2 Å². The van der Waals surface area contributed by atoms with E-state index in [2.05, 4.69) is 0 Å². The molecule has 3 aromatic carbocycles. The minimum absolute atomic E-state index is 0.0445. The highest BCUT2D eigenvalue weighted by Gasteiger charge is 2.33. The highest BCUT2D eigenvalue weighted by atomic mass is 32.2. The van der Waals surface area contributed by atoms with Crippen molar-refractivity contribution in [3.05, 3.63) is 72.3 Å². The van der Waals surface area contributed by atoms with Gasteiger partial charge in [0.2, 0.25) is 15.9 Å². The van der Waals surface area contributed by atoms with E-state index < -0.39 is 32.5 Å². The average molecular weight is 558 g/mol. The molecule has 0 N–H and O–H groups in total. The van der Waals surface area contributed by atoms with Gasteiger partial charge >= 0.3 is 0 Å². The van der Waals surface area contributed by atoms with Crippen LogP contribution in [0, 0.1) is 0 Å². The Bertz CT molecular complexity index is 1590. The first kappa shape index (κ1) is 26.0. The Kier molecular flexibility index (Phi) is 6.80. The highest BCUT2D eigenvalue weighted by molar-refractivity contribution is 7.92. The van der Waals surface area contributed by atoms with Crippen molar-refractivity contribution < 1.29 is 31.1 Å². The second kappa shape index (κ2) is 9.93. The molecule has 0 bridgehead atoms. The summed E-state index contributed by atoms with van der Waals surface area (Å²) in [6, 6.07) is 17.3. The number of rotatable bonds is 7. The van der Waals surface area contributed by atoms with Crippen molar-refractivity contribution in [2.75, 3.05) is 49.6 Å². The summed E-state index contributed by atoms with van der Waals surface area (Å²) in [4.78, 5) is 15.3. The topological polar surface area (TPSA) is 114 Å². The van der Waals surface area contributed by atoms with E-state index in [0.717, 1.165) is 8.61 Å². The second-order valence-corrected chi connectivity index (χ2v) is 13.0. The van der Waals surface area contributed by atoms with Crippen molar-refractivity contribution in [2.45, 2.75) is 16.2 Å². The Morgan fingerprint density at radius 3 is 2.26 bits per heavy atom. The van der Waals surface area contributed by atoms with Gasteiger partial charge in [0.1, 0.15) is 19.8 Å². The molecule has 0 unspecified atom stereocenters. The molecule has 3 aromatic rings. The molecule has 0 aromatic heterocycles. The summed E-state index contributed by atoms with van der Waals surface area (Å²) in [5, 5.41) is 0. The molecule has 0 aliphatic carbocycles. The van der Waals surface area contributed by atoms with Gasteiger partial charge < -0.3 is 14.4 Å². The number of amides is 1. The molecule has 38 heavy (non-hydrogen) atoms. The summed E-state index contributed by atoms with van der Waals surface area (Å²) in [6.45, 7) is 0.563. The Hall–Kier alpha value is -3.61. The van der Waals surface area contributed by atoms with Crippen molar-refractivity contribution in [2.24, 2.45) is 0 Å². The SMILES string of the molecule is CN(C)S(=O)(=O)c1ccc2c(c1)CCN2C(=O)CN(c1ccc2c(c1)OCCO2)S(=O)(=O)c1ccccc1. The van der Waals surface area contributed by atoms with Crippen LogP contribution in [0.2, 0.25) is 0 Å². The fraction of sp³-hybridized carbons (Fsp3) is 0.269. The fourth-order valence-electron chi connectivity index (χ4n) is 4.44. The lowest BCUT2D eigenvalue weighted by atomic mass is 10.2. The van der Waals surface area contributed by atoms with Gasteiger partial charge in [-0.3, -0.25) is 9.10 Å². The minimum Gasteiger partial charge on any atom is -0.486 e. The number of ether oxygens (including phenoxy) is 2. The van der Waals surface area contributed by atoms with Crippen LogP contribution in [0.4, 0.5) is 11.4 Å². The molecule has 0 saturated carbocycles. The number of carbonyl (C=O) groups is 1. The van der Waals surface area contributed by atoms with E-state index in [1.54, 1.807) is 48.5 Å². The van der Waals surface area contributed by atoms with Gasteiger partial charge in [-0.25, -0.2) is 21.1 Å². The Labute approximate surface area is 222 Å². The lowest BCUT2D eigenvalue weighted by molar-refractivity contribution is -0.117. The summed E-state index contributed by atoms with van der Waals surface area (Å²) in [5.74, 6) is 0.456. The molecule has 0 atom stereocenters. The third-order valence-electron chi connectivity index (χ3n) is 6.45. The first-order chi connectivity index (χ1) is 18.1. The molecule has 0 saturated heterocycles. The Morgan fingerprint density at radius 1 is 0.842 bits per heavy atom. The van der Waals surface area contributed by atoms with E-state index in [4.69, 9.17) is 9.47 Å². The number of nitrogens with zero attached hydrogens (tertiary/aromatic N) is 3. The van der Waals surface area contributed by atoms with E-state index in [-0.39, 0.29) is 15.5 Å². The lowest BCUT2D eigenvalue weighted by Gasteiger charge is -2.28. The molecule has 1 amide bonds. The molecule has 0 radical (unpaired) electrons. The zero-order valence-electron chi connectivity index (χ0n) is 20.9. The molecule has 0 spiro atoms. The zero-order valence-corrected chi connectivity index (χ0v) is 22.5. The molecule has 0 fully saturated rings. The molecule has 12 heteroatoms. The molecule has 2 heterocycles. The van der Waals surface area contributed by atoms with Crippen LogP contribution in [0.5, 0.6) is 11.5 Å². The average Bonchev–Trinajstić information content (AvgIpc) is 3.35. The minimum atomic E-state index is -4.11. The number of hydrogen-bond donors (Lipinski definition) is 0. The Balaban J connectivity index is 1.49. The first-order valence-corrected chi connectivity index (χ1v) is 14.8. The van der Waals surface area contributed by atoms with Crippen molar-refractivity contribution in [1.82, 2.24) is 4.31 Å². The zero-order chi connectivity index (χ0) is 27.1. The monoisotopic (exact) mass is 557 g/mol. The summed E-state index contributed by atoms with van der Waals surface area (Å²) in [7, 11) is -4.83. The van der Waals surface area contributed by atoms with Crippen LogP contribution in [0.15, 0.2) is 76.5 Å². The summed E-state index contributed by atoms with van der Waals surface area (Å²) < 4.78 is 66.0. The highest BCUT2D eigenvalue weighted by Crippen LogP contribution is 2.36. The van der Waals surface area contributed by atoms with Gasteiger partial charge in [0.05, 0.1) is 15.5 Å². The number of fused-ring (bicyclic) bond motifs is 2. The van der Waals surface area contributed by atoms with Gasteiger partial charge in [-0.05, 0) is 54.4 Å². The Morgan fingerprint density at radius 2 is 1.55 bits per heavy atom. The van der Waals surface area contributed by atoms with Crippen LogP contribution in [0.25, 0.3) is 0 Å². The van der Waals surface area contributed by atoms with E-state index in [1.807, 2.05) is 0 Å². The molecule has 10 nitrogen and oxygen atoms in total. The summed E-state index contributed by atoms with van der Waals surface area (Å²) in [6.07, 6.45) is 0.452. The quantitative estimate of drug-likeness (QED) is 0.439. The van der Waals surface area contributed by atoms with Gasteiger partial charge in [-0.1, -0.05) is 18.2 Å². The fourth-order valence-corrected chi connectivity index (χ4v) is 6.82. The molecule has 5 rings (SSSR count). The van der Waals surface area contributed by atoms with Crippen molar-refractivity contribution in [1.29, 1.82) is 0 Å². The van der Waals surface area contributed by atoms with Gasteiger partial charge in [-0.2, -0.15) is 0 Å². The maximum Gasteiger partial charge on any atom is 0.264 e. The van der Waals surface area contributed by atoms with Crippen LogP contribution in [-0.4, -0.2) is 67.4 Å². The lowest BCUT2D eigenvalue weighted by Crippen LogP contribution is -2.42. The third kappa shape index (κ3) is 4.70. The molecular formula is C26H27N3O7S2. The van der Waals surface area contributed by atoms with Crippen LogP contribution >= 0.6 is 0 Å². The predicted molar refractivity (Wildman–Crippen MR) is 142 cm³/mol. The summed E-state index contributed by atoms with van der Waals surface area (Å²) in [5.41, 5.74) is 1.53. The maximum absolute atomic E-state index is 13.7. The number of benzene rings is 3. The van der Waals surface area contributed by atoms with Gasteiger partial charge in [0.25, 0.3) is 10.0 Å². The maximum atomic E-state index is 13.7. The predicted octanol–water partition coefficient (Wildman–Crippen LogP) is 2.49. The van der Waals surface area contributed by atoms with Crippen LogP contribution in [0.1, 0.15) is 5.56 Å². The van der Waals surface area contributed by atoms with E-state index >= 15 is 0 Å². The van der Waals surface area contributed by atoms with Gasteiger partial charge in [-0.15, -0.1) is 0 Å². The smallest absolute Gasteiger partial charge is 0.264 e. The molecular weight excluding hydrogens is 530 g/mol. The normalized spacial score (nSPS) is 14.9. The van der Waals surface area contributed by atoms with Crippen molar-refractivity contribution in [3.8, 4) is 11.5 Å². The van der Waals surface area contributed by atoms with Crippen molar-refractivity contribution >= 4 is 37.3 Å².